The van der Waals surface area contributed by atoms with E-state index >= 15 is 0 Å². The lowest BCUT2D eigenvalue weighted by atomic mass is 9.77. The third-order valence-electron chi connectivity index (χ3n) is 4.57. The number of benzene rings is 1. The fourth-order valence-corrected chi connectivity index (χ4v) is 3.21. The van der Waals surface area contributed by atoms with Crippen LogP contribution in [0, 0.1) is 13.8 Å². The van der Waals surface area contributed by atoms with Crippen LogP contribution in [0.25, 0.3) is 0 Å². The predicted octanol–water partition coefficient (Wildman–Crippen LogP) is 3.34. The van der Waals surface area contributed by atoms with Crippen molar-refractivity contribution in [3.63, 3.8) is 0 Å². The second-order valence-corrected chi connectivity index (χ2v) is 6.47. The SMILES string of the molecule is Cc1nn(CC2Cc3ccccc32)c(C)c1CNC(C)C. The Morgan fingerprint density at radius 1 is 1.29 bits per heavy atom. The highest BCUT2D eigenvalue weighted by Gasteiger charge is 2.26. The van der Waals surface area contributed by atoms with Gasteiger partial charge in [0, 0.05) is 36.3 Å². The van der Waals surface area contributed by atoms with Gasteiger partial charge < -0.3 is 5.32 Å². The molecular weight excluding hydrogens is 258 g/mol. The van der Waals surface area contributed by atoms with Gasteiger partial charge in [0.15, 0.2) is 0 Å². The van der Waals surface area contributed by atoms with E-state index in [0.29, 0.717) is 12.0 Å². The Balaban J connectivity index is 1.74. The van der Waals surface area contributed by atoms with Crippen LogP contribution in [0.15, 0.2) is 24.3 Å². The summed E-state index contributed by atoms with van der Waals surface area (Å²) in [6.45, 7) is 10.6. The van der Waals surface area contributed by atoms with Crippen LogP contribution in [0.2, 0.25) is 0 Å². The van der Waals surface area contributed by atoms with Gasteiger partial charge in [-0.05, 0) is 31.4 Å². The minimum absolute atomic E-state index is 0.505. The van der Waals surface area contributed by atoms with Crippen molar-refractivity contribution in [1.82, 2.24) is 15.1 Å². The lowest BCUT2D eigenvalue weighted by Crippen LogP contribution is -2.24. The van der Waals surface area contributed by atoms with Gasteiger partial charge in [-0.2, -0.15) is 5.10 Å². The summed E-state index contributed by atoms with van der Waals surface area (Å²) in [7, 11) is 0. The molecule has 1 N–H and O–H groups in total. The van der Waals surface area contributed by atoms with E-state index in [9.17, 15) is 0 Å². The molecule has 0 saturated heterocycles. The molecule has 1 aliphatic rings. The fourth-order valence-electron chi connectivity index (χ4n) is 3.21. The Labute approximate surface area is 127 Å². The number of nitrogens with one attached hydrogen (secondary N) is 1. The fraction of sp³-hybridized carbons (Fsp3) is 0.500. The van der Waals surface area contributed by atoms with Gasteiger partial charge in [0.25, 0.3) is 0 Å². The third kappa shape index (κ3) is 2.75. The second kappa shape index (κ2) is 5.64. The average molecular weight is 283 g/mol. The highest BCUT2D eigenvalue weighted by atomic mass is 15.3. The monoisotopic (exact) mass is 283 g/mol. The van der Waals surface area contributed by atoms with Gasteiger partial charge >= 0.3 is 0 Å². The van der Waals surface area contributed by atoms with Gasteiger partial charge in [0.2, 0.25) is 0 Å². The summed E-state index contributed by atoms with van der Waals surface area (Å²) in [5.41, 5.74) is 6.84. The largest absolute Gasteiger partial charge is 0.310 e. The molecule has 0 aliphatic heterocycles. The average Bonchev–Trinajstić information content (AvgIpc) is 2.68. The zero-order chi connectivity index (χ0) is 15.0. The molecule has 0 spiro atoms. The van der Waals surface area contributed by atoms with Crippen molar-refractivity contribution in [2.75, 3.05) is 0 Å². The summed E-state index contributed by atoms with van der Waals surface area (Å²) in [6.07, 6.45) is 1.19. The molecule has 3 rings (SSSR count). The molecule has 1 aromatic heterocycles. The van der Waals surface area contributed by atoms with Crippen LogP contribution in [-0.4, -0.2) is 15.8 Å². The number of fused-ring (bicyclic) bond motifs is 1. The normalized spacial score (nSPS) is 16.9. The highest BCUT2D eigenvalue weighted by Crippen LogP contribution is 2.36. The minimum Gasteiger partial charge on any atom is -0.310 e. The maximum absolute atomic E-state index is 4.76. The Bertz CT molecular complexity index is 640. The van der Waals surface area contributed by atoms with Crippen LogP contribution in [0.4, 0.5) is 0 Å². The molecule has 1 heterocycles. The summed E-state index contributed by atoms with van der Waals surface area (Å²) < 4.78 is 2.20. The molecule has 0 amide bonds. The predicted molar refractivity (Wildman–Crippen MR) is 86.6 cm³/mol. The number of hydrogen-bond acceptors (Lipinski definition) is 2. The van der Waals surface area contributed by atoms with Crippen molar-refractivity contribution in [2.45, 2.75) is 59.2 Å². The van der Waals surface area contributed by atoms with Gasteiger partial charge in [-0.25, -0.2) is 0 Å². The van der Waals surface area contributed by atoms with Crippen LogP contribution in [0.1, 0.15) is 47.8 Å². The second-order valence-electron chi connectivity index (χ2n) is 6.47. The summed E-state index contributed by atoms with van der Waals surface area (Å²) in [4.78, 5) is 0. The summed E-state index contributed by atoms with van der Waals surface area (Å²) >= 11 is 0. The molecule has 1 atom stereocenters. The van der Waals surface area contributed by atoms with Gasteiger partial charge in [-0.3, -0.25) is 4.68 Å². The standard InChI is InChI=1S/C18H25N3/c1-12(2)19-10-18-13(3)20-21(14(18)4)11-16-9-15-7-5-6-8-17(15)16/h5-8,12,16,19H,9-11H2,1-4H3. The Hall–Kier alpha value is -1.61. The Morgan fingerprint density at radius 2 is 2.05 bits per heavy atom. The lowest BCUT2D eigenvalue weighted by Gasteiger charge is -2.30. The Morgan fingerprint density at radius 3 is 2.76 bits per heavy atom. The molecular formula is C18H25N3. The highest BCUT2D eigenvalue weighted by molar-refractivity contribution is 5.40. The van der Waals surface area contributed by atoms with Crippen LogP contribution in [0.3, 0.4) is 0 Å². The van der Waals surface area contributed by atoms with Crippen LogP contribution < -0.4 is 5.32 Å². The van der Waals surface area contributed by atoms with Crippen molar-refractivity contribution in [1.29, 1.82) is 0 Å². The zero-order valence-electron chi connectivity index (χ0n) is 13.5. The van der Waals surface area contributed by atoms with E-state index in [-0.39, 0.29) is 0 Å². The molecule has 2 aromatic rings. The van der Waals surface area contributed by atoms with E-state index in [1.807, 2.05) is 0 Å². The molecule has 0 radical (unpaired) electrons. The van der Waals surface area contributed by atoms with E-state index in [1.54, 1.807) is 0 Å². The van der Waals surface area contributed by atoms with E-state index < -0.39 is 0 Å². The number of nitrogens with zero attached hydrogens (tertiary/aromatic N) is 2. The molecule has 0 bridgehead atoms. The van der Waals surface area contributed by atoms with Crippen LogP contribution >= 0.6 is 0 Å². The Kier molecular flexibility index (Phi) is 3.85. The molecule has 1 aromatic carbocycles. The topological polar surface area (TPSA) is 29.9 Å². The van der Waals surface area contributed by atoms with E-state index in [1.165, 1.54) is 28.8 Å². The molecule has 0 fully saturated rings. The maximum Gasteiger partial charge on any atom is 0.0641 e. The molecule has 21 heavy (non-hydrogen) atoms. The van der Waals surface area contributed by atoms with Crippen LogP contribution in [-0.2, 0) is 19.5 Å². The van der Waals surface area contributed by atoms with Gasteiger partial charge in [0.1, 0.15) is 0 Å². The number of aromatic nitrogens is 2. The first-order valence-electron chi connectivity index (χ1n) is 7.90. The molecule has 112 valence electrons. The maximum atomic E-state index is 4.76. The number of aryl methyl sites for hydroxylation is 1. The minimum atomic E-state index is 0.505. The van der Waals surface area contributed by atoms with Gasteiger partial charge in [-0.1, -0.05) is 38.1 Å². The summed E-state index contributed by atoms with van der Waals surface area (Å²) in [6, 6.07) is 9.28. The molecule has 0 saturated carbocycles. The molecule has 3 nitrogen and oxygen atoms in total. The smallest absolute Gasteiger partial charge is 0.0641 e. The van der Waals surface area contributed by atoms with Crippen molar-refractivity contribution in [3.05, 3.63) is 52.3 Å². The zero-order valence-corrected chi connectivity index (χ0v) is 13.5. The van der Waals surface area contributed by atoms with Gasteiger partial charge in [0.05, 0.1) is 5.69 Å². The third-order valence-corrected chi connectivity index (χ3v) is 4.57. The van der Waals surface area contributed by atoms with E-state index in [2.05, 4.69) is 62.0 Å². The van der Waals surface area contributed by atoms with E-state index in [4.69, 9.17) is 5.10 Å². The van der Waals surface area contributed by atoms with Crippen molar-refractivity contribution in [2.24, 2.45) is 0 Å². The molecule has 1 unspecified atom stereocenters. The summed E-state index contributed by atoms with van der Waals surface area (Å²) in [5.74, 6) is 0.630. The number of rotatable bonds is 5. The van der Waals surface area contributed by atoms with E-state index in [0.717, 1.165) is 18.8 Å². The molecule has 1 aliphatic carbocycles. The van der Waals surface area contributed by atoms with Crippen molar-refractivity contribution < 1.29 is 0 Å². The van der Waals surface area contributed by atoms with Crippen LogP contribution in [0.5, 0.6) is 0 Å². The lowest BCUT2D eigenvalue weighted by molar-refractivity contribution is 0.465. The summed E-state index contributed by atoms with van der Waals surface area (Å²) in [5, 5.41) is 8.26. The van der Waals surface area contributed by atoms with Crippen molar-refractivity contribution >= 4 is 0 Å². The number of hydrogen-bond donors (Lipinski definition) is 1. The first-order valence-corrected chi connectivity index (χ1v) is 7.90. The quantitative estimate of drug-likeness (QED) is 0.912. The van der Waals surface area contributed by atoms with Gasteiger partial charge in [-0.15, -0.1) is 0 Å². The molecule has 3 heteroatoms. The van der Waals surface area contributed by atoms with Crippen molar-refractivity contribution in [3.8, 4) is 0 Å². The first-order chi connectivity index (χ1) is 10.1. The first kappa shape index (κ1) is 14.3.